The molecule has 0 aliphatic rings. The summed E-state index contributed by atoms with van der Waals surface area (Å²) in [5.74, 6) is 0.0812. The summed E-state index contributed by atoms with van der Waals surface area (Å²) in [7, 11) is -8.10. The number of aromatic nitrogens is 1. The molecule has 0 fully saturated rings. The summed E-state index contributed by atoms with van der Waals surface area (Å²) in [5.41, 5.74) is -0.747. The van der Waals surface area contributed by atoms with Gasteiger partial charge in [-0.2, -0.15) is 5.26 Å². The molecule has 170 valence electrons. The number of nitrogens with one attached hydrogen (secondary N) is 1. The summed E-state index contributed by atoms with van der Waals surface area (Å²) < 4.78 is 49.2. The molecule has 2 heterocycles. The maximum absolute atomic E-state index is 13.7. The van der Waals surface area contributed by atoms with Gasteiger partial charge in [0, 0.05) is 0 Å². The number of thiophene rings is 1. The van der Waals surface area contributed by atoms with Gasteiger partial charge in [0.25, 0.3) is 0 Å². The van der Waals surface area contributed by atoms with Crippen molar-refractivity contribution in [2.24, 2.45) is 0 Å². The first kappa shape index (κ1) is 25.7. The quantitative estimate of drug-likeness (QED) is 0.344. The Bertz CT molecular complexity index is 930. The van der Waals surface area contributed by atoms with E-state index in [4.69, 9.17) is 18.1 Å². The fraction of sp³-hybridized carbons (Fsp3) is 0.474. The average molecular weight is 487 g/mol. The average Bonchev–Trinajstić information content (AvgIpc) is 3.27. The molecule has 0 unspecified atom stereocenters. The molecule has 0 bridgehead atoms. The van der Waals surface area contributed by atoms with Crippen LogP contribution in [0.1, 0.15) is 33.3 Å². The Morgan fingerprint density at radius 1 is 1.00 bits per heavy atom. The normalized spacial score (nSPS) is 12.1. The first-order valence-electron chi connectivity index (χ1n) is 9.86. The molecule has 31 heavy (non-hydrogen) atoms. The topological polar surface area (TPSA) is 120 Å². The van der Waals surface area contributed by atoms with Crippen molar-refractivity contribution in [3.05, 3.63) is 35.2 Å². The van der Waals surface area contributed by atoms with Crippen molar-refractivity contribution in [2.45, 2.75) is 33.2 Å². The van der Waals surface area contributed by atoms with Crippen molar-refractivity contribution in [1.29, 1.82) is 5.26 Å². The van der Waals surface area contributed by atoms with Gasteiger partial charge in [0.1, 0.15) is 11.9 Å². The summed E-state index contributed by atoms with van der Waals surface area (Å²) in [6, 6.07) is 9.10. The van der Waals surface area contributed by atoms with Crippen molar-refractivity contribution in [2.75, 3.05) is 31.7 Å². The number of nitriles is 1. The van der Waals surface area contributed by atoms with E-state index in [2.05, 4.69) is 10.3 Å². The lowest BCUT2D eigenvalue weighted by molar-refractivity contribution is 0.198. The molecule has 0 aromatic carbocycles. The maximum atomic E-state index is 13.7. The number of anilines is 1. The predicted octanol–water partition coefficient (Wildman–Crippen LogP) is 5.91. The van der Waals surface area contributed by atoms with Gasteiger partial charge in [0.15, 0.2) is 0 Å². The van der Waals surface area contributed by atoms with Crippen LogP contribution in [-0.2, 0) is 27.2 Å². The van der Waals surface area contributed by atoms with Gasteiger partial charge < -0.3 is 23.4 Å². The highest BCUT2D eigenvalue weighted by Gasteiger charge is 2.51. The lowest BCUT2D eigenvalue weighted by Crippen LogP contribution is -2.26. The minimum Gasteiger partial charge on any atom is -0.345 e. The third-order valence-corrected chi connectivity index (χ3v) is 10.4. The van der Waals surface area contributed by atoms with Gasteiger partial charge in [-0.25, -0.2) is 4.98 Å². The Morgan fingerprint density at radius 3 is 1.97 bits per heavy atom. The molecule has 2 aromatic rings. The first-order chi connectivity index (χ1) is 14.9. The Kier molecular flexibility index (Phi) is 9.86. The van der Waals surface area contributed by atoms with E-state index in [-0.39, 0.29) is 37.8 Å². The second kappa shape index (κ2) is 11.9. The van der Waals surface area contributed by atoms with Gasteiger partial charge in [0.05, 0.1) is 42.6 Å². The molecular weight excluding hydrogens is 460 g/mol. The molecule has 0 spiro atoms. The SMILES string of the molecule is CCOP(=O)(OCC)C(Nc1nc(-c2cccs2)ccc1C#N)P(=O)(OCC)OCC. The van der Waals surface area contributed by atoms with Crippen LogP contribution in [0, 0.1) is 11.3 Å². The van der Waals surface area contributed by atoms with Crippen LogP contribution in [0.5, 0.6) is 0 Å². The number of nitrogens with zero attached hydrogens (tertiary/aromatic N) is 2. The zero-order valence-corrected chi connectivity index (χ0v) is 20.5. The highest BCUT2D eigenvalue weighted by atomic mass is 32.1. The molecule has 0 aliphatic heterocycles. The zero-order chi connectivity index (χ0) is 22.9. The van der Waals surface area contributed by atoms with E-state index in [9.17, 15) is 14.4 Å². The van der Waals surface area contributed by atoms with Gasteiger partial charge in [-0.15, -0.1) is 11.3 Å². The van der Waals surface area contributed by atoms with Crippen molar-refractivity contribution in [3.63, 3.8) is 0 Å². The number of pyridine rings is 1. The second-order valence-electron chi connectivity index (χ2n) is 5.95. The van der Waals surface area contributed by atoms with Crippen molar-refractivity contribution >= 4 is 32.3 Å². The smallest absolute Gasteiger partial charge is 0.345 e. The monoisotopic (exact) mass is 487 g/mol. The van der Waals surface area contributed by atoms with Crippen LogP contribution in [0.2, 0.25) is 0 Å². The van der Waals surface area contributed by atoms with Gasteiger partial charge in [0.2, 0.25) is 5.52 Å². The molecule has 1 N–H and O–H groups in total. The molecule has 2 aromatic heterocycles. The molecule has 2 rings (SSSR count). The largest absolute Gasteiger partial charge is 0.365 e. The van der Waals surface area contributed by atoms with Gasteiger partial charge in [-0.1, -0.05) is 6.07 Å². The van der Waals surface area contributed by atoms with E-state index < -0.39 is 20.7 Å². The van der Waals surface area contributed by atoms with Crippen LogP contribution in [0.3, 0.4) is 0 Å². The molecule has 9 nitrogen and oxygen atoms in total. The number of rotatable bonds is 13. The Morgan fingerprint density at radius 2 is 1.55 bits per heavy atom. The van der Waals surface area contributed by atoms with E-state index in [1.54, 1.807) is 39.8 Å². The second-order valence-corrected chi connectivity index (χ2v) is 11.5. The summed E-state index contributed by atoms with van der Waals surface area (Å²) >= 11 is 1.48. The Hall–Kier alpha value is -1.56. The van der Waals surface area contributed by atoms with Crippen molar-refractivity contribution in [1.82, 2.24) is 4.98 Å². The lowest BCUT2D eigenvalue weighted by Gasteiger charge is -2.32. The predicted molar refractivity (Wildman–Crippen MR) is 121 cm³/mol. The third kappa shape index (κ3) is 6.24. The molecule has 0 atom stereocenters. The van der Waals surface area contributed by atoms with E-state index >= 15 is 0 Å². The maximum Gasteiger partial charge on any atom is 0.365 e. The summed E-state index contributed by atoms with van der Waals surface area (Å²) in [6.45, 7) is 6.75. The molecule has 12 heteroatoms. The van der Waals surface area contributed by atoms with Crippen molar-refractivity contribution < 1.29 is 27.2 Å². The van der Waals surface area contributed by atoms with E-state index in [0.29, 0.717) is 5.69 Å². The number of hydrogen-bond donors (Lipinski definition) is 1. The fourth-order valence-electron chi connectivity index (χ4n) is 2.75. The molecule has 0 saturated carbocycles. The lowest BCUT2D eigenvalue weighted by atomic mass is 10.2. The summed E-state index contributed by atoms with van der Waals surface area (Å²) in [6.07, 6.45) is 0. The third-order valence-electron chi connectivity index (χ3n) is 3.89. The van der Waals surface area contributed by atoms with Crippen molar-refractivity contribution in [3.8, 4) is 16.6 Å². The number of hydrogen-bond acceptors (Lipinski definition) is 10. The van der Waals surface area contributed by atoms with Crippen LogP contribution in [0.25, 0.3) is 10.6 Å². The van der Waals surface area contributed by atoms with Crippen LogP contribution in [0.4, 0.5) is 5.82 Å². The van der Waals surface area contributed by atoms with Crippen LogP contribution < -0.4 is 5.32 Å². The van der Waals surface area contributed by atoms with Gasteiger partial charge in [-0.05, 0) is 51.3 Å². The standard InChI is InChI=1S/C19H27N3O6P2S/c1-5-25-29(23,26-6-2)19(30(24,27-7-3)28-8-4)22-18-15(14-20)11-12-16(21-18)17-10-9-13-31-17/h9-13,19H,5-8H2,1-4H3,(H,21,22). The zero-order valence-electron chi connectivity index (χ0n) is 17.9. The molecule has 0 saturated heterocycles. The van der Waals surface area contributed by atoms with E-state index in [1.165, 1.54) is 11.3 Å². The Labute approximate surface area is 186 Å². The van der Waals surface area contributed by atoms with Crippen LogP contribution in [0.15, 0.2) is 29.6 Å². The molecule has 0 amide bonds. The van der Waals surface area contributed by atoms with Gasteiger partial charge >= 0.3 is 15.2 Å². The minimum absolute atomic E-state index is 0.0431. The minimum atomic E-state index is -4.05. The summed E-state index contributed by atoms with van der Waals surface area (Å²) in [4.78, 5) is 5.38. The van der Waals surface area contributed by atoms with Crippen LogP contribution in [-0.4, -0.2) is 36.9 Å². The van der Waals surface area contributed by atoms with Crippen LogP contribution >= 0.6 is 26.5 Å². The Balaban J connectivity index is 2.62. The highest BCUT2D eigenvalue weighted by molar-refractivity contribution is 7.72. The van der Waals surface area contributed by atoms with Gasteiger partial charge in [-0.3, -0.25) is 9.13 Å². The summed E-state index contributed by atoms with van der Waals surface area (Å²) in [5, 5.41) is 14.4. The first-order valence-corrected chi connectivity index (χ1v) is 14.0. The highest BCUT2D eigenvalue weighted by Crippen LogP contribution is 2.70. The molecule has 0 aliphatic carbocycles. The molecular formula is C19H27N3O6P2S. The van der Waals surface area contributed by atoms with E-state index in [1.807, 2.05) is 23.6 Å². The fourth-order valence-corrected chi connectivity index (χ4v) is 8.35. The van der Waals surface area contributed by atoms with E-state index in [0.717, 1.165) is 4.88 Å². The molecule has 0 radical (unpaired) electrons.